The zero-order valence-corrected chi connectivity index (χ0v) is 11.4. The number of morpholine rings is 1. The smallest absolute Gasteiger partial charge is 0.224 e. The summed E-state index contributed by atoms with van der Waals surface area (Å²) in [5.74, 6) is 5.90. The molecule has 1 heterocycles. The maximum Gasteiger partial charge on any atom is 0.224 e. The van der Waals surface area contributed by atoms with E-state index in [2.05, 4.69) is 15.7 Å². The average Bonchev–Trinajstić information content (AvgIpc) is 2.46. The van der Waals surface area contributed by atoms with Gasteiger partial charge in [-0.25, -0.2) is 10.8 Å². The maximum absolute atomic E-state index is 11.8. The third kappa shape index (κ3) is 6.37. The SMILES string of the molecule is COCCN=C(NN)NCCC(=O)N1CCOCC1. The molecule has 8 heteroatoms. The van der Waals surface area contributed by atoms with Gasteiger partial charge < -0.3 is 19.7 Å². The molecule has 1 aliphatic heterocycles. The normalized spacial score (nSPS) is 16.3. The number of methoxy groups -OCH3 is 1. The molecule has 0 aromatic rings. The van der Waals surface area contributed by atoms with Crippen LogP contribution in [0.15, 0.2) is 4.99 Å². The van der Waals surface area contributed by atoms with Crippen molar-refractivity contribution in [1.29, 1.82) is 0 Å². The van der Waals surface area contributed by atoms with E-state index in [1.165, 1.54) is 0 Å². The van der Waals surface area contributed by atoms with Crippen LogP contribution in [-0.4, -0.2) is 69.9 Å². The summed E-state index contributed by atoms with van der Waals surface area (Å²) in [6.07, 6.45) is 0.408. The van der Waals surface area contributed by atoms with Gasteiger partial charge in [-0.1, -0.05) is 0 Å². The quantitative estimate of drug-likeness (QED) is 0.175. The summed E-state index contributed by atoms with van der Waals surface area (Å²) in [5, 5.41) is 2.98. The van der Waals surface area contributed by atoms with E-state index < -0.39 is 0 Å². The summed E-state index contributed by atoms with van der Waals surface area (Å²) < 4.78 is 10.1. The number of hydrogen-bond donors (Lipinski definition) is 3. The van der Waals surface area contributed by atoms with E-state index in [0.29, 0.717) is 58.4 Å². The molecule has 0 unspecified atom stereocenters. The maximum atomic E-state index is 11.8. The second-order valence-corrected chi connectivity index (χ2v) is 4.04. The molecule has 1 aliphatic rings. The number of rotatable bonds is 6. The molecular weight excluding hydrogens is 250 g/mol. The van der Waals surface area contributed by atoms with E-state index in [9.17, 15) is 4.79 Å². The highest BCUT2D eigenvalue weighted by Crippen LogP contribution is 1.99. The van der Waals surface area contributed by atoms with Crippen LogP contribution in [0.2, 0.25) is 0 Å². The van der Waals surface area contributed by atoms with Crippen molar-refractivity contribution in [3.05, 3.63) is 0 Å². The van der Waals surface area contributed by atoms with Crippen LogP contribution in [0, 0.1) is 0 Å². The van der Waals surface area contributed by atoms with Gasteiger partial charge >= 0.3 is 0 Å². The number of aliphatic imine (C=N–C) groups is 1. The molecule has 0 bridgehead atoms. The number of amides is 1. The van der Waals surface area contributed by atoms with Gasteiger partial charge in [0.1, 0.15) is 0 Å². The summed E-state index contributed by atoms with van der Waals surface area (Å²) in [5.41, 5.74) is 2.45. The molecule has 0 saturated carbocycles. The number of ether oxygens (including phenoxy) is 2. The second-order valence-electron chi connectivity index (χ2n) is 4.04. The summed E-state index contributed by atoms with van der Waals surface area (Å²) >= 11 is 0. The molecule has 19 heavy (non-hydrogen) atoms. The topological polar surface area (TPSA) is 101 Å². The van der Waals surface area contributed by atoms with Crippen molar-refractivity contribution in [1.82, 2.24) is 15.6 Å². The monoisotopic (exact) mass is 273 g/mol. The Morgan fingerprint density at radius 2 is 2.21 bits per heavy atom. The molecular formula is C11H23N5O3. The van der Waals surface area contributed by atoms with Crippen molar-refractivity contribution in [2.24, 2.45) is 10.8 Å². The van der Waals surface area contributed by atoms with Crippen LogP contribution in [0.1, 0.15) is 6.42 Å². The third-order valence-electron chi connectivity index (χ3n) is 2.70. The van der Waals surface area contributed by atoms with E-state index in [1.54, 1.807) is 7.11 Å². The molecule has 0 aromatic heterocycles. The Balaban J connectivity index is 2.19. The van der Waals surface area contributed by atoms with Crippen LogP contribution >= 0.6 is 0 Å². The fourth-order valence-corrected chi connectivity index (χ4v) is 1.66. The van der Waals surface area contributed by atoms with Crippen LogP contribution in [-0.2, 0) is 14.3 Å². The fraction of sp³-hybridized carbons (Fsp3) is 0.818. The highest BCUT2D eigenvalue weighted by atomic mass is 16.5. The van der Waals surface area contributed by atoms with Crippen LogP contribution < -0.4 is 16.6 Å². The Labute approximate surface area is 113 Å². The highest BCUT2D eigenvalue weighted by Gasteiger charge is 2.16. The molecule has 0 spiro atoms. The van der Waals surface area contributed by atoms with Gasteiger partial charge in [0, 0.05) is 33.2 Å². The Kier molecular flexibility index (Phi) is 7.87. The molecule has 1 saturated heterocycles. The summed E-state index contributed by atoms with van der Waals surface area (Å²) in [7, 11) is 1.61. The van der Waals surface area contributed by atoms with Crippen LogP contribution in [0.4, 0.5) is 0 Å². The standard InChI is InChI=1S/C11H23N5O3/c1-18-7-4-14-11(15-12)13-3-2-10(17)16-5-8-19-9-6-16/h2-9,12H2,1H3,(H2,13,14,15). The van der Waals surface area contributed by atoms with Crippen molar-refractivity contribution >= 4 is 11.9 Å². The van der Waals surface area contributed by atoms with Gasteiger partial charge in [0.25, 0.3) is 0 Å². The number of nitrogens with zero attached hydrogens (tertiary/aromatic N) is 2. The first kappa shape index (κ1) is 15.7. The summed E-state index contributed by atoms with van der Waals surface area (Å²) in [4.78, 5) is 17.8. The summed E-state index contributed by atoms with van der Waals surface area (Å²) in [6, 6.07) is 0. The molecule has 0 atom stereocenters. The molecule has 4 N–H and O–H groups in total. The van der Waals surface area contributed by atoms with Gasteiger partial charge in [0.05, 0.1) is 26.4 Å². The molecule has 1 amide bonds. The number of hydrogen-bond acceptors (Lipinski definition) is 5. The van der Waals surface area contributed by atoms with Crippen molar-refractivity contribution in [2.45, 2.75) is 6.42 Å². The fourth-order valence-electron chi connectivity index (χ4n) is 1.66. The number of guanidine groups is 1. The Hall–Kier alpha value is -1.38. The second kappa shape index (κ2) is 9.54. The van der Waals surface area contributed by atoms with Gasteiger partial charge in [0.15, 0.2) is 0 Å². The number of hydrazine groups is 1. The minimum Gasteiger partial charge on any atom is -0.383 e. The third-order valence-corrected chi connectivity index (χ3v) is 2.70. The minimum atomic E-state index is 0.115. The molecule has 1 fully saturated rings. The minimum absolute atomic E-state index is 0.115. The lowest BCUT2D eigenvalue weighted by molar-refractivity contribution is -0.135. The molecule has 0 aromatic carbocycles. The van der Waals surface area contributed by atoms with Crippen molar-refractivity contribution in [3.63, 3.8) is 0 Å². The van der Waals surface area contributed by atoms with Crippen LogP contribution in [0.25, 0.3) is 0 Å². The van der Waals surface area contributed by atoms with E-state index >= 15 is 0 Å². The van der Waals surface area contributed by atoms with Gasteiger partial charge in [-0.15, -0.1) is 0 Å². The van der Waals surface area contributed by atoms with Gasteiger partial charge in [-0.3, -0.25) is 10.2 Å². The number of carbonyl (C=O) groups is 1. The van der Waals surface area contributed by atoms with Gasteiger partial charge in [0.2, 0.25) is 11.9 Å². The summed E-state index contributed by atoms with van der Waals surface area (Å²) in [6.45, 7) is 4.11. The molecule has 1 rings (SSSR count). The van der Waals surface area contributed by atoms with Gasteiger partial charge in [-0.05, 0) is 0 Å². The van der Waals surface area contributed by atoms with Crippen molar-refractivity contribution in [2.75, 3.05) is 53.1 Å². The number of carbonyl (C=O) groups excluding carboxylic acids is 1. The molecule has 0 radical (unpaired) electrons. The Morgan fingerprint density at radius 1 is 1.47 bits per heavy atom. The lowest BCUT2D eigenvalue weighted by Gasteiger charge is -2.26. The average molecular weight is 273 g/mol. The Bertz CT molecular complexity index is 292. The first-order chi connectivity index (χ1) is 9.27. The molecule has 0 aliphatic carbocycles. The zero-order valence-electron chi connectivity index (χ0n) is 11.4. The van der Waals surface area contributed by atoms with E-state index in [0.717, 1.165) is 0 Å². The molecule has 110 valence electrons. The predicted octanol–water partition coefficient (Wildman–Crippen LogP) is -1.71. The molecule has 8 nitrogen and oxygen atoms in total. The van der Waals surface area contributed by atoms with Crippen molar-refractivity contribution < 1.29 is 14.3 Å². The highest BCUT2D eigenvalue weighted by molar-refractivity contribution is 5.80. The van der Waals surface area contributed by atoms with Gasteiger partial charge in [-0.2, -0.15) is 0 Å². The lowest BCUT2D eigenvalue weighted by atomic mass is 10.3. The van der Waals surface area contributed by atoms with Crippen LogP contribution in [0.3, 0.4) is 0 Å². The largest absolute Gasteiger partial charge is 0.383 e. The Morgan fingerprint density at radius 3 is 2.84 bits per heavy atom. The van der Waals surface area contributed by atoms with Crippen LogP contribution in [0.5, 0.6) is 0 Å². The first-order valence-corrected chi connectivity index (χ1v) is 6.37. The number of nitrogens with two attached hydrogens (primary N) is 1. The predicted molar refractivity (Wildman–Crippen MR) is 71.5 cm³/mol. The lowest BCUT2D eigenvalue weighted by Crippen LogP contribution is -2.45. The van der Waals surface area contributed by atoms with E-state index in [4.69, 9.17) is 15.3 Å². The van der Waals surface area contributed by atoms with E-state index in [1.807, 2.05) is 4.90 Å². The zero-order chi connectivity index (χ0) is 13.9. The first-order valence-electron chi connectivity index (χ1n) is 6.37. The van der Waals surface area contributed by atoms with E-state index in [-0.39, 0.29) is 5.91 Å². The number of nitrogens with one attached hydrogen (secondary N) is 2. The van der Waals surface area contributed by atoms with Crippen molar-refractivity contribution in [3.8, 4) is 0 Å².